The average molecular weight is 392 g/mol. The van der Waals surface area contributed by atoms with Crippen molar-refractivity contribution in [3.05, 3.63) is 69.6 Å². The maximum atomic E-state index is 11.5. The molecule has 0 fully saturated rings. The second kappa shape index (κ2) is 4.92. The summed E-state index contributed by atoms with van der Waals surface area (Å²) < 4.78 is 3.11. The van der Waals surface area contributed by atoms with E-state index in [1.165, 1.54) is 0 Å². The quantitative estimate of drug-likeness (QED) is 0.578. The summed E-state index contributed by atoms with van der Waals surface area (Å²) in [5.74, 6) is 0. The number of nitrogens with zero attached hydrogens (tertiary/aromatic N) is 1. The van der Waals surface area contributed by atoms with Crippen LogP contribution in [0.25, 0.3) is 5.70 Å². The fourth-order valence-corrected chi connectivity index (χ4v) is 4.62. The van der Waals surface area contributed by atoms with E-state index in [0.717, 1.165) is 20.5 Å². The molecule has 2 aromatic rings. The Bertz CT molecular complexity index is 715. The highest BCUT2D eigenvalue weighted by Gasteiger charge is 2.54. The number of benzene rings is 1. The van der Waals surface area contributed by atoms with Crippen molar-refractivity contribution in [2.24, 2.45) is 5.41 Å². The lowest BCUT2D eigenvalue weighted by Gasteiger charge is -2.20. The summed E-state index contributed by atoms with van der Waals surface area (Å²) in [7, 11) is 0. The van der Waals surface area contributed by atoms with Gasteiger partial charge in [0.1, 0.15) is 3.58 Å². The molecule has 21 heavy (non-hydrogen) atoms. The van der Waals surface area contributed by atoms with E-state index < -0.39 is 5.60 Å². The number of allylic oxidation sites excluding steroid dienone is 1. The van der Waals surface area contributed by atoms with Crippen molar-refractivity contribution >= 4 is 28.3 Å². The van der Waals surface area contributed by atoms with E-state index in [0.29, 0.717) is 0 Å². The lowest BCUT2D eigenvalue weighted by molar-refractivity contribution is -0.596. The summed E-state index contributed by atoms with van der Waals surface area (Å²) in [5, 5.41) is 11.5. The molecular formula is C18H19INO+. The van der Waals surface area contributed by atoms with Crippen LogP contribution in [0.4, 0.5) is 0 Å². The van der Waals surface area contributed by atoms with Gasteiger partial charge >= 0.3 is 0 Å². The summed E-state index contributed by atoms with van der Waals surface area (Å²) in [5.41, 5.74) is 1.87. The van der Waals surface area contributed by atoms with Gasteiger partial charge in [0.15, 0.2) is 6.20 Å². The topological polar surface area (TPSA) is 24.1 Å². The predicted octanol–water partition coefficient (Wildman–Crippen LogP) is 3.87. The molecule has 0 bridgehead atoms. The van der Waals surface area contributed by atoms with E-state index in [1.807, 2.05) is 54.7 Å². The van der Waals surface area contributed by atoms with Crippen LogP contribution < -0.4 is 4.57 Å². The first-order valence-corrected chi connectivity index (χ1v) is 8.15. The Morgan fingerprint density at radius 2 is 1.62 bits per heavy atom. The summed E-state index contributed by atoms with van der Waals surface area (Å²) >= 11 is 2.31. The highest BCUT2D eigenvalue weighted by Crippen LogP contribution is 2.48. The van der Waals surface area contributed by atoms with Crippen LogP contribution in [0.3, 0.4) is 0 Å². The number of fused-ring (bicyclic) bond motifs is 1. The van der Waals surface area contributed by atoms with Crippen LogP contribution in [0.2, 0.25) is 0 Å². The summed E-state index contributed by atoms with van der Waals surface area (Å²) in [6.07, 6.45) is 2.04. The Hall–Kier alpha value is -1.20. The number of aromatic nitrogens is 1. The monoisotopic (exact) mass is 392 g/mol. The van der Waals surface area contributed by atoms with Crippen LogP contribution in [0, 0.1) is 5.41 Å². The lowest BCUT2D eigenvalue weighted by atomic mass is 9.87. The van der Waals surface area contributed by atoms with Gasteiger partial charge in [0, 0.05) is 17.5 Å². The minimum atomic E-state index is -1.06. The Kier molecular flexibility index (Phi) is 3.45. The van der Waals surface area contributed by atoms with E-state index >= 15 is 0 Å². The fraction of sp³-hybridized carbons (Fsp3) is 0.278. The third-order valence-corrected chi connectivity index (χ3v) is 5.19. The molecule has 0 saturated carbocycles. The van der Waals surface area contributed by atoms with Crippen LogP contribution >= 0.6 is 22.6 Å². The number of pyridine rings is 1. The third-order valence-electron chi connectivity index (χ3n) is 3.90. The lowest BCUT2D eigenvalue weighted by Crippen LogP contribution is -2.41. The second-order valence-corrected chi connectivity index (χ2v) is 7.52. The van der Waals surface area contributed by atoms with Gasteiger partial charge in [-0.3, -0.25) is 0 Å². The van der Waals surface area contributed by atoms with Crippen molar-refractivity contribution in [3.63, 3.8) is 0 Å². The molecule has 1 atom stereocenters. The minimum Gasteiger partial charge on any atom is -0.370 e. The molecule has 1 aliphatic heterocycles. The Morgan fingerprint density at radius 3 is 2.24 bits per heavy atom. The average Bonchev–Trinajstić information content (AvgIpc) is 2.69. The molecule has 1 aromatic carbocycles. The summed E-state index contributed by atoms with van der Waals surface area (Å²) in [6.45, 7) is 6.55. The van der Waals surface area contributed by atoms with E-state index in [1.54, 1.807) is 0 Å². The van der Waals surface area contributed by atoms with Crippen molar-refractivity contribution in [2.75, 3.05) is 0 Å². The first-order chi connectivity index (χ1) is 9.87. The molecule has 0 spiro atoms. The molecule has 0 saturated heterocycles. The van der Waals surface area contributed by atoms with Gasteiger partial charge in [0.2, 0.25) is 17.0 Å². The highest BCUT2D eigenvalue weighted by atomic mass is 127. The van der Waals surface area contributed by atoms with Crippen molar-refractivity contribution < 1.29 is 9.67 Å². The molecule has 2 heterocycles. The fourth-order valence-electron chi connectivity index (χ4n) is 2.97. The molecular weight excluding hydrogens is 373 g/mol. The molecule has 2 nitrogen and oxygen atoms in total. The van der Waals surface area contributed by atoms with Gasteiger partial charge < -0.3 is 5.11 Å². The molecule has 1 N–H and O–H groups in total. The molecule has 0 aliphatic carbocycles. The summed E-state index contributed by atoms with van der Waals surface area (Å²) in [4.78, 5) is 0. The Balaban J connectivity index is 2.35. The van der Waals surface area contributed by atoms with Gasteiger partial charge in [-0.1, -0.05) is 51.1 Å². The van der Waals surface area contributed by atoms with Crippen molar-refractivity contribution in [1.29, 1.82) is 0 Å². The van der Waals surface area contributed by atoms with Crippen molar-refractivity contribution in [3.8, 4) is 0 Å². The predicted molar refractivity (Wildman–Crippen MR) is 92.8 cm³/mol. The van der Waals surface area contributed by atoms with Crippen molar-refractivity contribution in [2.45, 2.75) is 26.4 Å². The number of rotatable bonds is 1. The summed E-state index contributed by atoms with van der Waals surface area (Å²) in [6, 6.07) is 15.9. The SMILES string of the molecule is CC(C)(C)C1=C(I)C(O)(c2ccccc2)c2cccc[n+]21. The molecule has 3 heteroatoms. The van der Waals surface area contributed by atoms with E-state index in [4.69, 9.17) is 0 Å². The third kappa shape index (κ3) is 2.14. The molecule has 0 radical (unpaired) electrons. The number of halogens is 1. The number of hydrogen-bond acceptors (Lipinski definition) is 1. The first-order valence-electron chi connectivity index (χ1n) is 7.07. The zero-order valence-corrected chi connectivity index (χ0v) is 14.6. The van der Waals surface area contributed by atoms with Gasteiger partial charge in [0.05, 0.1) is 0 Å². The van der Waals surface area contributed by atoms with E-state index in [9.17, 15) is 5.11 Å². The van der Waals surface area contributed by atoms with Crippen LogP contribution in [-0.2, 0) is 5.60 Å². The molecule has 3 rings (SSSR count). The maximum absolute atomic E-state index is 11.5. The van der Waals surface area contributed by atoms with Gasteiger partial charge in [-0.2, -0.15) is 4.57 Å². The highest BCUT2D eigenvalue weighted by molar-refractivity contribution is 14.1. The molecule has 1 unspecified atom stereocenters. The standard InChI is InChI=1S/C18H19INO/c1-17(2,3)16-15(19)18(21,13-9-5-4-6-10-13)14-11-7-8-12-20(14)16/h4-12,21H,1-3H3/q+1. The Morgan fingerprint density at radius 1 is 1.00 bits per heavy atom. The van der Waals surface area contributed by atoms with Crippen LogP contribution in [0.15, 0.2) is 58.3 Å². The molecule has 1 aliphatic rings. The smallest absolute Gasteiger partial charge is 0.229 e. The van der Waals surface area contributed by atoms with Gasteiger partial charge in [-0.25, -0.2) is 0 Å². The largest absolute Gasteiger partial charge is 0.370 e. The number of hydrogen-bond donors (Lipinski definition) is 1. The molecule has 1 aromatic heterocycles. The number of aliphatic hydroxyl groups is 1. The second-order valence-electron chi connectivity index (χ2n) is 6.44. The van der Waals surface area contributed by atoms with Gasteiger partial charge in [-0.05, 0) is 34.2 Å². The molecule has 0 amide bonds. The van der Waals surface area contributed by atoms with Crippen LogP contribution in [0.1, 0.15) is 32.0 Å². The zero-order chi connectivity index (χ0) is 15.3. The van der Waals surface area contributed by atoms with Gasteiger partial charge in [-0.15, -0.1) is 0 Å². The Labute approximate surface area is 139 Å². The maximum Gasteiger partial charge on any atom is 0.229 e. The van der Waals surface area contributed by atoms with E-state index in [2.05, 4.69) is 47.9 Å². The normalized spacial score (nSPS) is 21.6. The van der Waals surface area contributed by atoms with Gasteiger partial charge in [0.25, 0.3) is 0 Å². The molecule has 108 valence electrons. The van der Waals surface area contributed by atoms with E-state index in [-0.39, 0.29) is 5.41 Å². The first kappa shape index (κ1) is 14.7. The van der Waals surface area contributed by atoms with Crippen molar-refractivity contribution in [1.82, 2.24) is 0 Å². The minimum absolute atomic E-state index is 0.0451. The zero-order valence-electron chi connectivity index (χ0n) is 12.5. The van der Waals surface area contributed by atoms with Crippen LogP contribution in [-0.4, -0.2) is 5.11 Å². The van der Waals surface area contributed by atoms with Crippen LogP contribution in [0.5, 0.6) is 0 Å².